The summed E-state index contributed by atoms with van der Waals surface area (Å²) in [7, 11) is -2.82. The number of nitrogens with two attached hydrogens (primary N) is 1. The van der Waals surface area contributed by atoms with Gasteiger partial charge in [-0.15, -0.1) is 0 Å². The van der Waals surface area contributed by atoms with E-state index < -0.39 is 36.9 Å². The lowest BCUT2D eigenvalue weighted by Crippen LogP contribution is -2.60. The number of carbonyl (C=O) groups is 1. The first-order valence-electron chi connectivity index (χ1n) is 24.0. The Bertz CT molecular complexity index is 2800. The smallest absolute Gasteiger partial charge is 0.312 e. The maximum absolute atomic E-state index is 14.3. The van der Waals surface area contributed by atoms with Crippen LogP contribution in [0.4, 0.5) is 17.2 Å². The van der Waals surface area contributed by atoms with Gasteiger partial charge in [-0.25, -0.2) is 18.4 Å². The number of nitrogens with zero attached hydrogens (tertiary/aromatic N) is 6. The van der Waals surface area contributed by atoms with Crippen molar-refractivity contribution in [1.29, 1.82) is 0 Å². The Hall–Kier alpha value is -5.62. The van der Waals surface area contributed by atoms with Gasteiger partial charge in [0.2, 0.25) is 21.6 Å². The summed E-state index contributed by atoms with van der Waals surface area (Å²) < 4.78 is 40.2. The molecule has 4 fully saturated rings. The molecule has 3 aromatic carbocycles. The molecule has 362 valence electrons. The number of anilines is 2. The molecule has 5 aromatic rings. The molecule has 9 rings (SSSR count). The molecule has 0 unspecified atom stereocenters. The quantitative estimate of drug-likeness (QED) is 0.0709. The van der Waals surface area contributed by atoms with Crippen molar-refractivity contribution in [2.24, 2.45) is 17.1 Å². The van der Waals surface area contributed by atoms with E-state index in [0.29, 0.717) is 67.3 Å². The maximum Gasteiger partial charge on any atom is 0.312 e. The number of ether oxygens (including phenoxy) is 1. The Morgan fingerprint density at radius 3 is 2.47 bits per heavy atom. The van der Waals surface area contributed by atoms with E-state index in [-0.39, 0.29) is 33.7 Å². The van der Waals surface area contributed by atoms with Crippen molar-refractivity contribution in [1.82, 2.24) is 19.8 Å². The maximum atomic E-state index is 14.3. The van der Waals surface area contributed by atoms with Gasteiger partial charge in [0.15, 0.2) is 17.2 Å². The molecule has 2 saturated carbocycles. The average molecular weight is 949 g/mol. The molecule has 0 bridgehead atoms. The predicted molar refractivity (Wildman–Crippen MR) is 260 cm³/mol. The number of piperazine rings is 1. The number of aromatic nitrogens is 2. The van der Waals surface area contributed by atoms with Crippen LogP contribution in [-0.4, -0.2) is 102 Å². The van der Waals surface area contributed by atoms with Crippen LogP contribution in [0.5, 0.6) is 5.75 Å². The molecule has 4 heterocycles. The SMILES string of the molecule is COc1ccc(CN2CCN(C3CC4(CCN(c5ccc(C(N)=O)c(S(=O)(=O)c6cnc(NCC7CCC(C)(O)CC7)c([N+](=O)[O-])c6)c5)CC4)C3)[C@H](c3ccccc3C(C)C)C2)c2nc(C)oc12. The Kier molecular flexibility index (Phi) is 13.1. The predicted octanol–water partition coefficient (Wildman–Crippen LogP) is 8.16. The summed E-state index contributed by atoms with van der Waals surface area (Å²) in [6.07, 6.45) is 7.88. The molecule has 16 nitrogen and oxygen atoms in total. The topological polar surface area (TPSA) is 210 Å². The number of fused-ring (bicyclic) bond motifs is 1. The van der Waals surface area contributed by atoms with Gasteiger partial charge in [0.1, 0.15) is 5.52 Å². The summed E-state index contributed by atoms with van der Waals surface area (Å²) in [6, 6.07) is 19.2. The lowest BCUT2D eigenvalue weighted by Gasteiger charge is -2.58. The van der Waals surface area contributed by atoms with Gasteiger partial charge in [-0.1, -0.05) is 44.2 Å². The lowest BCUT2D eigenvalue weighted by atomic mass is 9.59. The molecule has 4 N–H and O–H groups in total. The zero-order valence-corrected chi connectivity index (χ0v) is 40.6. The fourth-order valence-corrected chi connectivity index (χ4v) is 12.9. The van der Waals surface area contributed by atoms with Crippen LogP contribution in [0.2, 0.25) is 0 Å². The van der Waals surface area contributed by atoms with Crippen LogP contribution < -0.4 is 20.7 Å². The number of benzene rings is 3. The van der Waals surface area contributed by atoms with Crippen molar-refractivity contribution >= 4 is 44.0 Å². The first kappa shape index (κ1) is 47.4. The van der Waals surface area contributed by atoms with Gasteiger partial charge >= 0.3 is 5.69 Å². The minimum absolute atomic E-state index is 0.0391. The summed E-state index contributed by atoms with van der Waals surface area (Å²) in [4.78, 5) is 40.0. The van der Waals surface area contributed by atoms with Gasteiger partial charge in [-0.2, -0.15) is 0 Å². The number of piperidine rings is 1. The number of hydrogen-bond donors (Lipinski definition) is 3. The van der Waals surface area contributed by atoms with E-state index in [1.54, 1.807) is 13.2 Å². The third-order valence-corrected chi connectivity index (χ3v) is 17.2. The fourth-order valence-electron chi connectivity index (χ4n) is 11.4. The molecule has 68 heavy (non-hydrogen) atoms. The zero-order chi connectivity index (χ0) is 48.1. The number of rotatable bonds is 14. The van der Waals surface area contributed by atoms with Crippen molar-refractivity contribution in [3.63, 3.8) is 0 Å². The zero-order valence-electron chi connectivity index (χ0n) is 39.7. The van der Waals surface area contributed by atoms with Crippen molar-refractivity contribution in [3.05, 3.63) is 105 Å². The van der Waals surface area contributed by atoms with E-state index in [1.165, 1.54) is 23.3 Å². The van der Waals surface area contributed by atoms with E-state index in [4.69, 9.17) is 19.9 Å². The molecule has 2 aliphatic heterocycles. The van der Waals surface area contributed by atoms with E-state index in [0.717, 1.165) is 88.0 Å². The number of primary amides is 1. The van der Waals surface area contributed by atoms with Gasteiger partial charge in [0.05, 0.1) is 33.0 Å². The largest absolute Gasteiger partial charge is 0.493 e. The Morgan fingerprint density at radius 2 is 1.78 bits per heavy atom. The number of carbonyl (C=O) groups excluding carboxylic acids is 1. The number of pyridine rings is 1. The third kappa shape index (κ3) is 9.41. The van der Waals surface area contributed by atoms with Crippen LogP contribution in [0, 0.1) is 28.4 Å². The molecule has 4 aliphatic rings. The number of oxazole rings is 1. The third-order valence-electron chi connectivity index (χ3n) is 15.4. The van der Waals surface area contributed by atoms with Gasteiger partial charge in [0.25, 0.3) is 0 Å². The monoisotopic (exact) mass is 948 g/mol. The molecule has 0 radical (unpaired) electrons. The molecule has 2 aromatic heterocycles. The van der Waals surface area contributed by atoms with Crippen molar-refractivity contribution in [2.45, 2.75) is 119 Å². The van der Waals surface area contributed by atoms with Crippen molar-refractivity contribution in [2.75, 3.05) is 56.6 Å². The number of sulfone groups is 1. The summed E-state index contributed by atoms with van der Waals surface area (Å²) in [6.45, 7) is 13.5. The van der Waals surface area contributed by atoms with Crippen molar-refractivity contribution < 1.29 is 32.4 Å². The van der Waals surface area contributed by atoms with Gasteiger partial charge < -0.3 is 30.2 Å². The summed E-state index contributed by atoms with van der Waals surface area (Å²) in [5.74, 6) is 0.898. The molecule has 1 amide bonds. The van der Waals surface area contributed by atoms with Crippen LogP contribution in [0.1, 0.15) is 117 Å². The number of amides is 1. The van der Waals surface area contributed by atoms with Crippen molar-refractivity contribution in [3.8, 4) is 5.75 Å². The minimum Gasteiger partial charge on any atom is -0.493 e. The van der Waals surface area contributed by atoms with Crippen LogP contribution in [0.25, 0.3) is 11.1 Å². The second-order valence-electron chi connectivity index (χ2n) is 20.3. The van der Waals surface area contributed by atoms with Gasteiger partial charge in [-0.3, -0.25) is 24.7 Å². The highest BCUT2D eigenvalue weighted by atomic mass is 32.2. The van der Waals surface area contributed by atoms with Gasteiger partial charge in [-0.05, 0) is 116 Å². The summed E-state index contributed by atoms with van der Waals surface area (Å²) in [5, 5.41) is 25.6. The second kappa shape index (κ2) is 18.7. The second-order valence-corrected chi connectivity index (χ2v) is 22.2. The molecule has 2 aliphatic carbocycles. The van der Waals surface area contributed by atoms with E-state index in [1.807, 2.05) is 19.9 Å². The summed E-state index contributed by atoms with van der Waals surface area (Å²) in [5.41, 5.74) is 10.6. The van der Waals surface area contributed by atoms with Crippen LogP contribution >= 0.6 is 0 Å². The number of nitrogens with one attached hydrogen (secondary N) is 1. The molecule has 1 spiro atoms. The van der Waals surface area contributed by atoms with E-state index in [2.05, 4.69) is 69.2 Å². The molecular weight excluding hydrogens is 885 g/mol. The Labute approximate surface area is 398 Å². The van der Waals surface area contributed by atoms with E-state index >= 15 is 0 Å². The fraction of sp³-hybridized carbons (Fsp3) is 0.510. The Balaban J connectivity index is 0.888. The molecule has 1 atom stereocenters. The van der Waals surface area contributed by atoms with Crippen LogP contribution in [0.3, 0.4) is 0 Å². The van der Waals surface area contributed by atoms with Gasteiger partial charge in [0, 0.05) is 82.8 Å². The number of hydrogen-bond acceptors (Lipinski definition) is 14. The first-order valence-corrected chi connectivity index (χ1v) is 25.5. The number of nitro groups is 1. The molecular formula is C51H64N8O8S. The minimum atomic E-state index is -4.47. The molecule has 17 heteroatoms. The summed E-state index contributed by atoms with van der Waals surface area (Å²) >= 11 is 0. The lowest BCUT2D eigenvalue weighted by molar-refractivity contribution is -0.384. The number of methoxy groups -OCH3 is 1. The highest BCUT2D eigenvalue weighted by Crippen LogP contribution is 2.53. The first-order chi connectivity index (χ1) is 32.4. The normalized spacial score (nSPS) is 22.7. The van der Waals surface area contributed by atoms with E-state index in [9.17, 15) is 28.4 Å². The number of aliphatic hydroxyl groups is 1. The number of aryl methyl sites for hydroxylation is 1. The average Bonchev–Trinajstić information content (AvgIpc) is 3.72. The Morgan fingerprint density at radius 1 is 1.04 bits per heavy atom. The standard InChI is InChI=1S/C51H64N8O8S/c1-32(2)39-8-6-7-9-40(39)43-31-56(30-35-10-13-44(66-5)47-46(35)55-33(3)67-47)22-23-58(43)37-26-51(27-37)18-20-57(21-19-51)36-11-12-41(48(52)60)45(24-36)68(64,65)38-25-42(59(62)63)49(54-29-38)53-28-34-14-16-50(4,61)17-15-34/h6-13,24-25,29,32,34,37,43,61H,14-23,26-28,30-31H2,1-5H3,(H2,52,60)(H,53,54)/t34?,43-,50?/m0/s1. The van der Waals surface area contributed by atoms with Crippen LogP contribution in [-0.2, 0) is 16.4 Å². The molecule has 2 saturated heterocycles. The van der Waals surface area contributed by atoms with Crippen LogP contribution in [0.15, 0.2) is 81.1 Å². The highest BCUT2D eigenvalue weighted by molar-refractivity contribution is 7.91. The highest BCUT2D eigenvalue weighted by Gasteiger charge is 2.50.